The van der Waals surface area contributed by atoms with Gasteiger partial charge in [-0.1, -0.05) is 52.8 Å². The summed E-state index contributed by atoms with van der Waals surface area (Å²) >= 11 is 0. The fourth-order valence-electron chi connectivity index (χ4n) is 1.57. The van der Waals surface area contributed by atoms with Crippen LogP contribution in [-0.4, -0.2) is 17.9 Å². The van der Waals surface area contributed by atoms with E-state index < -0.39 is 0 Å². The van der Waals surface area contributed by atoms with Gasteiger partial charge in [0.2, 0.25) is 11.8 Å². The van der Waals surface area contributed by atoms with E-state index in [1.807, 2.05) is 44.2 Å². The molecule has 0 aromatic heterocycles. The molecule has 118 valence electrons. The Morgan fingerprint density at radius 3 is 2.10 bits per heavy atom. The second kappa shape index (κ2) is 10.9. The van der Waals surface area contributed by atoms with Crippen molar-refractivity contribution in [2.75, 3.05) is 5.32 Å². The molecular formula is C17H28N2O2. The van der Waals surface area contributed by atoms with Crippen molar-refractivity contribution < 1.29 is 9.59 Å². The van der Waals surface area contributed by atoms with Crippen LogP contribution in [0.25, 0.3) is 0 Å². The summed E-state index contributed by atoms with van der Waals surface area (Å²) in [4.78, 5) is 22.3. The Kier molecular flexibility index (Phi) is 9.94. The van der Waals surface area contributed by atoms with E-state index in [-0.39, 0.29) is 17.9 Å². The lowest BCUT2D eigenvalue weighted by Gasteiger charge is -2.22. The Morgan fingerprint density at radius 1 is 1.10 bits per heavy atom. The normalized spacial score (nSPS) is 17.0. The molecule has 1 aliphatic rings. The number of rotatable bonds is 2. The van der Waals surface area contributed by atoms with E-state index in [1.165, 1.54) is 0 Å². The summed E-state index contributed by atoms with van der Waals surface area (Å²) in [5.74, 6) is 0.404. The van der Waals surface area contributed by atoms with Crippen LogP contribution >= 0.6 is 0 Å². The lowest BCUT2D eigenvalue weighted by Crippen LogP contribution is -2.47. The van der Waals surface area contributed by atoms with Crippen LogP contribution in [0.3, 0.4) is 0 Å². The maximum absolute atomic E-state index is 11.4. The lowest BCUT2D eigenvalue weighted by atomic mass is 10.1. The molecule has 0 bridgehead atoms. The molecule has 1 unspecified atom stereocenters. The van der Waals surface area contributed by atoms with E-state index in [0.29, 0.717) is 12.8 Å². The van der Waals surface area contributed by atoms with Gasteiger partial charge in [0.15, 0.2) is 0 Å². The van der Waals surface area contributed by atoms with Crippen LogP contribution in [0, 0.1) is 5.92 Å². The van der Waals surface area contributed by atoms with E-state index in [9.17, 15) is 9.59 Å². The van der Waals surface area contributed by atoms with Gasteiger partial charge >= 0.3 is 0 Å². The van der Waals surface area contributed by atoms with Gasteiger partial charge in [0.05, 0.1) is 0 Å². The van der Waals surface area contributed by atoms with E-state index >= 15 is 0 Å². The average Bonchev–Trinajstić information content (AvgIpc) is 2.45. The maximum Gasteiger partial charge on any atom is 0.249 e. The number of hydrogen-bond acceptors (Lipinski definition) is 3. The summed E-state index contributed by atoms with van der Waals surface area (Å²) < 4.78 is 0. The molecule has 0 spiro atoms. The number of hydrogen-bond donors (Lipinski definition) is 2. The number of carbonyl (C=O) groups excluding carboxylic acids is 2. The van der Waals surface area contributed by atoms with Gasteiger partial charge in [-0.3, -0.25) is 14.9 Å². The highest BCUT2D eigenvalue weighted by molar-refractivity contribution is 6.01. The number of para-hydroxylation sites is 1. The van der Waals surface area contributed by atoms with Crippen molar-refractivity contribution in [3.8, 4) is 0 Å². The Bertz CT molecular complexity index is 413. The van der Waals surface area contributed by atoms with Crippen LogP contribution in [0.1, 0.15) is 47.5 Å². The van der Waals surface area contributed by atoms with Crippen molar-refractivity contribution in [2.45, 2.75) is 53.5 Å². The van der Waals surface area contributed by atoms with Gasteiger partial charge in [-0.25, -0.2) is 0 Å². The zero-order valence-electron chi connectivity index (χ0n) is 13.8. The molecule has 2 rings (SSSR count). The zero-order valence-corrected chi connectivity index (χ0v) is 13.8. The molecule has 1 aliphatic heterocycles. The molecule has 2 N–H and O–H groups in total. The second-order valence-electron chi connectivity index (χ2n) is 5.25. The minimum absolute atomic E-state index is 0.189. The van der Waals surface area contributed by atoms with E-state index in [0.717, 1.165) is 11.6 Å². The summed E-state index contributed by atoms with van der Waals surface area (Å²) in [5, 5.41) is 5.40. The number of carbonyl (C=O) groups is 2. The van der Waals surface area contributed by atoms with Gasteiger partial charge in [0, 0.05) is 12.1 Å². The SMILES string of the molecule is CC.CC(C)C.O=C1CCC(Nc2ccccc2)C(=O)N1. The molecule has 0 saturated carbocycles. The molecule has 1 heterocycles. The lowest BCUT2D eigenvalue weighted by molar-refractivity contribution is -0.133. The minimum Gasteiger partial charge on any atom is -0.374 e. The fourth-order valence-corrected chi connectivity index (χ4v) is 1.57. The van der Waals surface area contributed by atoms with Gasteiger partial charge in [0.25, 0.3) is 0 Å². The Hall–Kier alpha value is -1.84. The highest BCUT2D eigenvalue weighted by atomic mass is 16.2. The predicted octanol–water partition coefficient (Wildman–Crippen LogP) is 3.59. The van der Waals surface area contributed by atoms with Crippen molar-refractivity contribution in [2.24, 2.45) is 5.92 Å². The van der Waals surface area contributed by atoms with Gasteiger partial charge in [0.1, 0.15) is 6.04 Å². The number of imide groups is 1. The molecule has 1 aromatic carbocycles. The summed E-state index contributed by atoms with van der Waals surface area (Å²) in [6.45, 7) is 10.5. The fraction of sp³-hybridized carbons (Fsp3) is 0.529. The molecule has 0 radical (unpaired) electrons. The van der Waals surface area contributed by atoms with Crippen molar-refractivity contribution in [1.29, 1.82) is 0 Å². The molecule has 1 saturated heterocycles. The van der Waals surface area contributed by atoms with Crippen molar-refractivity contribution in [3.05, 3.63) is 30.3 Å². The third kappa shape index (κ3) is 8.84. The van der Waals surface area contributed by atoms with Crippen LogP contribution in [0.15, 0.2) is 30.3 Å². The third-order valence-electron chi connectivity index (χ3n) is 2.35. The van der Waals surface area contributed by atoms with Crippen molar-refractivity contribution >= 4 is 17.5 Å². The van der Waals surface area contributed by atoms with Crippen LogP contribution in [-0.2, 0) is 9.59 Å². The van der Waals surface area contributed by atoms with E-state index in [2.05, 4.69) is 31.4 Å². The molecule has 1 fully saturated rings. The Morgan fingerprint density at radius 2 is 1.62 bits per heavy atom. The number of anilines is 1. The van der Waals surface area contributed by atoms with Crippen molar-refractivity contribution in [1.82, 2.24) is 5.32 Å². The number of amides is 2. The Balaban J connectivity index is 0.000000579. The summed E-state index contributed by atoms with van der Waals surface area (Å²) in [5.41, 5.74) is 0.895. The smallest absolute Gasteiger partial charge is 0.249 e. The second-order valence-corrected chi connectivity index (χ2v) is 5.25. The standard InChI is InChI=1S/C11H12N2O2.C4H10.C2H6/c14-10-7-6-9(11(15)13-10)12-8-4-2-1-3-5-8;1-4(2)3;1-2/h1-5,9,12H,6-7H2,(H,13,14,15);4H,1-3H3;1-2H3. The molecule has 2 amide bonds. The van der Waals surface area contributed by atoms with Gasteiger partial charge in [-0.15, -0.1) is 0 Å². The number of benzene rings is 1. The summed E-state index contributed by atoms with van der Waals surface area (Å²) in [6.07, 6.45) is 0.954. The first kappa shape index (κ1) is 19.2. The third-order valence-corrected chi connectivity index (χ3v) is 2.35. The highest BCUT2D eigenvalue weighted by Crippen LogP contribution is 2.12. The monoisotopic (exact) mass is 292 g/mol. The molecule has 4 nitrogen and oxygen atoms in total. The number of piperidine rings is 1. The minimum atomic E-state index is -0.301. The maximum atomic E-state index is 11.4. The van der Waals surface area contributed by atoms with E-state index in [4.69, 9.17) is 0 Å². The Labute approximate surface area is 128 Å². The first-order chi connectivity index (χ1) is 9.99. The molecule has 1 aromatic rings. The summed E-state index contributed by atoms with van der Waals surface area (Å²) in [7, 11) is 0. The van der Waals surface area contributed by atoms with Gasteiger partial charge in [-0.2, -0.15) is 0 Å². The van der Waals surface area contributed by atoms with Crippen LogP contribution in [0.5, 0.6) is 0 Å². The predicted molar refractivity (Wildman–Crippen MR) is 88.1 cm³/mol. The van der Waals surface area contributed by atoms with Crippen molar-refractivity contribution in [3.63, 3.8) is 0 Å². The van der Waals surface area contributed by atoms with Gasteiger partial charge < -0.3 is 5.32 Å². The molecule has 1 atom stereocenters. The van der Waals surface area contributed by atoms with Crippen LogP contribution in [0.4, 0.5) is 5.69 Å². The molecule has 4 heteroatoms. The largest absolute Gasteiger partial charge is 0.374 e. The topological polar surface area (TPSA) is 58.2 Å². The molecule has 21 heavy (non-hydrogen) atoms. The highest BCUT2D eigenvalue weighted by Gasteiger charge is 2.25. The quantitative estimate of drug-likeness (QED) is 0.819. The molecule has 0 aliphatic carbocycles. The summed E-state index contributed by atoms with van der Waals surface area (Å²) in [6, 6.07) is 9.19. The first-order valence-electron chi connectivity index (χ1n) is 7.64. The first-order valence-corrected chi connectivity index (χ1v) is 7.64. The average molecular weight is 292 g/mol. The molecular weight excluding hydrogens is 264 g/mol. The number of nitrogens with one attached hydrogen (secondary N) is 2. The van der Waals surface area contributed by atoms with Crippen LogP contribution in [0.2, 0.25) is 0 Å². The van der Waals surface area contributed by atoms with E-state index in [1.54, 1.807) is 0 Å². The van der Waals surface area contributed by atoms with Crippen LogP contribution < -0.4 is 10.6 Å². The zero-order chi connectivity index (χ0) is 16.3. The van der Waals surface area contributed by atoms with Gasteiger partial charge in [-0.05, 0) is 24.5 Å².